The smallest absolute Gasteiger partial charge is 0.434 e. The Morgan fingerprint density at radius 2 is 1.61 bits per heavy atom. The first-order chi connectivity index (χ1) is 17.7. The normalized spacial score (nSPS) is 21.1. The average molecular weight is 556 g/mol. The summed E-state index contributed by atoms with van der Waals surface area (Å²) in [4.78, 5) is 26.5. The zero-order valence-electron chi connectivity index (χ0n) is 20.2. The largest absolute Gasteiger partial charge is 0.489 e. The van der Waals surface area contributed by atoms with Crippen LogP contribution in [0.3, 0.4) is 0 Å². The van der Waals surface area contributed by atoms with E-state index in [-0.39, 0.29) is 44.8 Å². The van der Waals surface area contributed by atoms with Crippen LogP contribution in [0, 0.1) is 11.2 Å². The summed E-state index contributed by atoms with van der Waals surface area (Å²) in [6.45, 7) is 0.456. The molecule has 3 fully saturated rings. The van der Waals surface area contributed by atoms with Gasteiger partial charge in [0.05, 0.1) is 0 Å². The molecule has 14 heteroatoms. The first kappa shape index (κ1) is 28.2. The molecule has 0 bridgehead atoms. The molecule has 2 heterocycles. The van der Waals surface area contributed by atoms with Crippen molar-refractivity contribution < 1.29 is 54.9 Å². The van der Waals surface area contributed by atoms with Crippen LogP contribution >= 0.6 is 0 Å². The number of halogens is 7. The number of carboxylic acids is 1. The number of benzene rings is 1. The molecule has 1 N–H and O–H groups in total. The Labute approximate surface area is 213 Å². The number of piperidine rings is 1. The van der Waals surface area contributed by atoms with E-state index in [2.05, 4.69) is 9.64 Å². The Morgan fingerprint density at radius 3 is 2.16 bits per heavy atom. The molecule has 0 radical (unpaired) electrons. The van der Waals surface area contributed by atoms with Crippen LogP contribution in [0.15, 0.2) is 18.2 Å². The minimum absolute atomic E-state index is 0.0477. The molecule has 1 saturated carbocycles. The molecule has 7 nitrogen and oxygen atoms in total. The third-order valence-corrected chi connectivity index (χ3v) is 7.72. The number of hydrogen-bond donors (Lipinski definition) is 1. The van der Waals surface area contributed by atoms with Crippen LogP contribution in [0.5, 0.6) is 5.75 Å². The lowest BCUT2D eigenvalue weighted by molar-refractivity contribution is -0.308. The summed E-state index contributed by atoms with van der Waals surface area (Å²) in [6.07, 6.45) is -14.6. The predicted molar refractivity (Wildman–Crippen MR) is 117 cm³/mol. The molecule has 1 aromatic rings. The molecule has 212 valence electrons. The van der Waals surface area contributed by atoms with Gasteiger partial charge in [0.15, 0.2) is 11.6 Å². The van der Waals surface area contributed by atoms with Crippen LogP contribution in [-0.2, 0) is 16.1 Å². The van der Waals surface area contributed by atoms with E-state index in [9.17, 15) is 45.4 Å². The topological polar surface area (TPSA) is 79.3 Å². The summed E-state index contributed by atoms with van der Waals surface area (Å²) in [6, 6.07) is 4.37. The molecule has 1 spiro atoms. The fourth-order valence-electron chi connectivity index (χ4n) is 5.23. The summed E-state index contributed by atoms with van der Waals surface area (Å²) in [5.74, 6) is -1.69. The first-order valence-electron chi connectivity index (χ1n) is 12.1. The number of amides is 1. The lowest BCUT2D eigenvalue weighted by Gasteiger charge is -2.45. The number of likely N-dealkylation sites (tertiary alicyclic amines) is 2. The number of para-hydroxylation sites is 1. The van der Waals surface area contributed by atoms with Crippen molar-refractivity contribution in [3.8, 4) is 5.75 Å². The van der Waals surface area contributed by atoms with Gasteiger partial charge in [0.1, 0.15) is 12.0 Å². The number of aliphatic carboxylic acids is 1. The van der Waals surface area contributed by atoms with Gasteiger partial charge in [0.2, 0.25) is 0 Å². The Kier molecular flexibility index (Phi) is 7.49. The molecule has 4 rings (SSSR count). The third-order valence-electron chi connectivity index (χ3n) is 7.72. The van der Waals surface area contributed by atoms with Crippen molar-refractivity contribution in [2.45, 2.75) is 69.1 Å². The number of carbonyl (C=O) groups is 2. The Hall–Kier alpha value is -2.77. The molecular weight excluding hydrogens is 529 g/mol. The van der Waals surface area contributed by atoms with Gasteiger partial charge in [-0.15, -0.1) is 0 Å². The molecule has 1 aliphatic carbocycles. The summed E-state index contributed by atoms with van der Waals surface area (Å²) < 4.78 is 101. The summed E-state index contributed by atoms with van der Waals surface area (Å²) in [7, 11) is 0. The Bertz CT molecular complexity index is 1040. The highest BCUT2D eigenvalue weighted by Gasteiger charge is 2.60. The van der Waals surface area contributed by atoms with E-state index in [1.165, 1.54) is 12.1 Å². The zero-order chi connectivity index (χ0) is 27.9. The fraction of sp³-hybridized carbons (Fsp3) is 0.667. The highest BCUT2D eigenvalue weighted by atomic mass is 19.4. The van der Waals surface area contributed by atoms with E-state index in [1.807, 2.05) is 0 Å². The number of hydrogen-bond acceptors (Lipinski definition) is 5. The van der Waals surface area contributed by atoms with Crippen molar-refractivity contribution in [1.82, 2.24) is 9.80 Å². The average Bonchev–Trinajstić information content (AvgIpc) is 3.53. The van der Waals surface area contributed by atoms with E-state index in [4.69, 9.17) is 4.74 Å². The molecule has 1 amide bonds. The maximum absolute atomic E-state index is 14.7. The van der Waals surface area contributed by atoms with E-state index in [1.54, 1.807) is 6.07 Å². The summed E-state index contributed by atoms with van der Waals surface area (Å²) in [5, 5.41) is 9.37. The van der Waals surface area contributed by atoms with Crippen molar-refractivity contribution in [3.63, 3.8) is 0 Å². The van der Waals surface area contributed by atoms with Crippen molar-refractivity contribution in [3.05, 3.63) is 29.6 Å². The van der Waals surface area contributed by atoms with E-state index >= 15 is 0 Å². The predicted octanol–water partition coefficient (Wildman–Crippen LogP) is 5.13. The van der Waals surface area contributed by atoms with Crippen LogP contribution in [-0.4, -0.2) is 77.2 Å². The minimum Gasteiger partial charge on any atom is -0.489 e. The van der Waals surface area contributed by atoms with Gasteiger partial charge in [-0.2, -0.15) is 26.3 Å². The summed E-state index contributed by atoms with van der Waals surface area (Å²) in [5.41, 5.74) is -1.02. The van der Waals surface area contributed by atoms with Crippen molar-refractivity contribution in [1.29, 1.82) is 0 Å². The summed E-state index contributed by atoms with van der Waals surface area (Å²) >= 11 is 0. The maximum Gasteiger partial charge on any atom is 0.434 e. The molecule has 1 aromatic carbocycles. The Balaban J connectivity index is 1.41. The van der Waals surface area contributed by atoms with Crippen molar-refractivity contribution in [2.75, 3.05) is 26.2 Å². The van der Waals surface area contributed by atoms with Crippen LogP contribution in [0.4, 0.5) is 35.5 Å². The van der Waals surface area contributed by atoms with Crippen LogP contribution in [0.1, 0.15) is 44.1 Å². The SMILES string of the molecule is O=C(OC(C(F)(F)F)C(F)(F)F)N1CCC2(CCCN2Cc2cccc(F)c2OCC2(C(=O)O)CC2)CC1. The second-order valence-corrected chi connectivity index (χ2v) is 10.2. The number of rotatable bonds is 7. The fourth-order valence-corrected chi connectivity index (χ4v) is 5.23. The van der Waals surface area contributed by atoms with E-state index in [0.717, 1.165) is 11.3 Å². The number of alkyl halides is 6. The molecule has 3 aliphatic rings. The number of carboxylic acid groups (broad SMARTS) is 1. The number of nitrogens with zero attached hydrogens (tertiary/aromatic N) is 2. The molecular formula is C24H27F7N2O5. The van der Waals surface area contributed by atoms with Gasteiger partial charge >= 0.3 is 24.4 Å². The number of carbonyl (C=O) groups excluding carboxylic acids is 1. The van der Waals surface area contributed by atoms with Crippen LogP contribution < -0.4 is 4.74 Å². The van der Waals surface area contributed by atoms with Gasteiger partial charge in [0, 0.05) is 30.7 Å². The van der Waals surface area contributed by atoms with Gasteiger partial charge in [-0.25, -0.2) is 9.18 Å². The third kappa shape index (κ3) is 5.79. The molecule has 0 atom stereocenters. The molecule has 38 heavy (non-hydrogen) atoms. The van der Waals surface area contributed by atoms with Gasteiger partial charge in [-0.3, -0.25) is 9.69 Å². The number of ether oxygens (including phenoxy) is 2. The van der Waals surface area contributed by atoms with Crippen molar-refractivity contribution in [2.24, 2.45) is 5.41 Å². The first-order valence-corrected chi connectivity index (χ1v) is 12.1. The van der Waals surface area contributed by atoms with Crippen LogP contribution in [0.25, 0.3) is 0 Å². The standard InChI is InChI=1S/C24H27F7N2O5/c25-16-4-1-3-15(17(16)37-14-21(6-7-21)19(34)35)13-33-10-2-5-22(33)8-11-32(12-9-22)20(36)38-18(23(26,27)28)24(29,30)31/h1,3-4,18H,2,5-14H2,(H,34,35). The molecule has 0 aromatic heterocycles. The highest BCUT2D eigenvalue weighted by Crippen LogP contribution is 2.47. The second kappa shape index (κ2) is 10.1. The van der Waals surface area contributed by atoms with Gasteiger partial charge in [-0.1, -0.05) is 12.1 Å². The minimum atomic E-state index is -5.79. The Morgan fingerprint density at radius 1 is 0.974 bits per heavy atom. The zero-order valence-corrected chi connectivity index (χ0v) is 20.2. The maximum atomic E-state index is 14.7. The van der Waals surface area contributed by atoms with E-state index in [0.29, 0.717) is 31.4 Å². The van der Waals surface area contributed by atoms with Gasteiger partial charge in [-0.05, 0) is 51.1 Å². The second-order valence-electron chi connectivity index (χ2n) is 10.2. The lowest BCUT2D eigenvalue weighted by atomic mass is 9.85. The molecule has 0 unspecified atom stereocenters. The van der Waals surface area contributed by atoms with Gasteiger partial charge in [0.25, 0.3) is 6.10 Å². The lowest BCUT2D eigenvalue weighted by Crippen LogP contribution is -2.54. The molecule has 2 aliphatic heterocycles. The van der Waals surface area contributed by atoms with Crippen LogP contribution in [0.2, 0.25) is 0 Å². The quantitative estimate of drug-likeness (QED) is 0.470. The van der Waals surface area contributed by atoms with Crippen molar-refractivity contribution >= 4 is 12.1 Å². The van der Waals surface area contributed by atoms with E-state index < -0.39 is 47.3 Å². The molecule has 2 saturated heterocycles. The highest BCUT2D eigenvalue weighted by molar-refractivity contribution is 5.78. The monoisotopic (exact) mass is 556 g/mol. The van der Waals surface area contributed by atoms with Gasteiger partial charge < -0.3 is 19.5 Å².